The predicted molar refractivity (Wildman–Crippen MR) is 186 cm³/mol. The highest BCUT2D eigenvalue weighted by Crippen LogP contribution is 2.42. The van der Waals surface area contributed by atoms with Crippen molar-refractivity contribution in [3.05, 3.63) is 70.8 Å². The molecule has 0 aliphatic carbocycles. The normalized spacial score (nSPS) is 14.2. The average molecular weight is 753 g/mol. The second kappa shape index (κ2) is 14.2. The first-order valence-electron chi connectivity index (χ1n) is 15.1. The van der Waals surface area contributed by atoms with Gasteiger partial charge in [-0.05, 0) is 89.2 Å². The lowest BCUT2D eigenvalue weighted by molar-refractivity contribution is -0.160. The SMILES string of the molecule is CCOC(OCC)([PH+]=O)N(c1ccc2c(ccn2-c2ccc(N3CCN(C(=O)OC(C)(C)C)C3=O)nn2)c1)S(=O)(=O)c1cc(Cl)cc(Cl)c1. The second-order valence-electron chi connectivity index (χ2n) is 11.7. The number of urea groups is 1. The van der Waals surface area contributed by atoms with Gasteiger partial charge in [0.1, 0.15) is 5.60 Å². The van der Waals surface area contributed by atoms with E-state index in [0.717, 1.165) is 9.21 Å². The second-order valence-corrected chi connectivity index (χ2v) is 15.2. The molecule has 18 heteroatoms. The first kappa shape index (κ1) is 36.4. The number of fused-ring (bicyclic) bond motifs is 1. The molecule has 1 unspecified atom stereocenters. The maximum Gasteiger partial charge on any atom is 0.475 e. The molecule has 3 amide bonds. The van der Waals surface area contributed by atoms with Gasteiger partial charge in [0.05, 0.1) is 35.9 Å². The van der Waals surface area contributed by atoms with Crippen LogP contribution in [0.25, 0.3) is 16.7 Å². The third-order valence-corrected chi connectivity index (χ3v) is 10.3. The molecule has 0 radical (unpaired) electrons. The molecule has 1 aliphatic rings. The van der Waals surface area contributed by atoms with E-state index in [0.29, 0.717) is 16.7 Å². The third kappa shape index (κ3) is 7.37. The van der Waals surface area contributed by atoms with E-state index in [2.05, 4.69) is 10.2 Å². The van der Waals surface area contributed by atoms with E-state index >= 15 is 0 Å². The van der Waals surface area contributed by atoms with E-state index in [1.165, 1.54) is 29.2 Å². The van der Waals surface area contributed by atoms with Crippen LogP contribution in [0.15, 0.2) is 65.7 Å². The molecule has 1 saturated heterocycles. The van der Waals surface area contributed by atoms with Crippen LogP contribution in [0.2, 0.25) is 10.0 Å². The topological polar surface area (TPSA) is 153 Å². The van der Waals surface area contributed by atoms with Crippen molar-refractivity contribution in [3.8, 4) is 5.82 Å². The lowest BCUT2D eigenvalue weighted by atomic mass is 10.2. The Labute approximate surface area is 294 Å². The van der Waals surface area contributed by atoms with Crippen molar-refractivity contribution >= 4 is 76.2 Å². The zero-order valence-corrected chi connectivity index (χ0v) is 30.5. The van der Waals surface area contributed by atoms with Crippen LogP contribution in [0.4, 0.5) is 21.1 Å². The number of hydrogen-bond acceptors (Lipinski definition) is 10. The van der Waals surface area contributed by atoms with E-state index in [9.17, 15) is 22.6 Å². The van der Waals surface area contributed by atoms with Crippen molar-refractivity contribution in [1.82, 2.24) is 19.7 Å². The van der Waals surface area contributed by atoms with E-state index < -0.39 is 41.9 Å². The Bertz CT molecular complexity index is 1980. The van der Waals surface area contributed by atoms with Crippen molar-refractivity contribution in [3.63, 3.8) is 0 Å². The molecule has 49 heavy (non-hydrogen) atoms. The molecule has 0 spiro atoms. The van der Waals surface area contributed by atoms with Gasteiger partial charge >= 0.3 is 26.2 Å². The number of rotatable bonds is 11. The molecule has 2 aromatic heterocycles. The Kier molecular flexibility index (Phi) is 10.5. The molecule has 1 aliphatic heterocycles. The number of sulfonamides is 1. The highest BCUT2D eigenvalue weighted by molar-refractivity contribution is 7.93. The summed E-state index contributed by atoms with van der Waals surface area (Å²) in [6, 6.07) is 13.1. The van der Waals surface area contributed by atoms with Crippen LogP contribution in [0.5, 0.6) is 0 Å². The zero-order valence-electron chi connectivity index (χ0n) is 27.2. The van der Waals surface area contributed by atoms with E-state index in [1.54, 1.807) is 75.7 Å². The Morgan fingerprint density at radius 2 is 1.57 bits per heavy atom. The number of halogens is 2. The molecule has 1 atom stereocenters. The first-order valence-corrected chi connectivity index (χ1v) is 18.2. The van der Waals surface area contributed by atoms with Crippen molar-refractivity contribution in [1.29, 1.82) is 0 Å². The number of ether oxygens (including phenoxy) is 3. The highest BCUT2D eigenvalue weighted by Gasteiger charge is 2.55. The van der Waals surface area contributed by atoms with Crippen LogP contribution in [-0.4, -0.2) is 77.8 Å². The number of anilines is 2. The molecule has 5 rings (SSSR count). The van der Waals surface area contributed by atoms with E-state index in [1.807, 2.05) is 0 Å². The van der Waals surface area contributed by atoms with Gasteiger partial charge in [0.15, 0.2) is 11.6 Å². The predicted octanol–water partition coefficient (Wildman–Crippen LogP) is 6.81. The van der Waals surface area contributed by atoms with Crippen molar-refractivity contribution in [2.24, 2.45) is 0 Å². The minimum atomic E-state index is -4.54. The number of aromatic nitrogens is 3. The number of hydrogen-bond donors (Lipinski definition) is 0. The van der Waals surface area contributed by atoms with Gasteiger partial charge in [0, 0.05) is 28.2 Å². The smallest absolute Gasteiger partial charge is 0.443 e. The fourth-order valence-corrected chi connectivity index (χ4v) is 8.50. The van der Waals surface area contributed by atoms with Gasteiger partial charge in [0.2, 0.25) is 0 Å². The van der Waals surface area contributed by atoms with Crippen molar-refractivity contribution in [2.75, 3.05) is 35.5 Å². The fourth-order valence-electron chi connectivity index (χ4n) is 5.18. The first-order chi connectivity index (χ1) is 23.1. The Balaban J connectivity index is 1.50. The number of nitrogens with zero attached hydrogens (tertiary/aromatic N) is 6. The lowest BCUT2D eigenvalue weighted by Crippen LogP contribution is -2.52. The zero-order chi connectivity index (χ0) is 35.7. The summed E-state index contributed by atoms with van der Waals surface area (Å²) in [6.45, 7) is 8.72. The highest BCUT2D eigenvalue weighted by atomic mass is 35.5. The van der Waals surface area contributed by atoms with Gasteiger partial charge in [-0.25, -0.2) is 22.9 Å². The molecule has 1 fully saturated rings. The molecule has 2 aromatic carbocycles. The van der Waals surface area contributed by atoms with Gasteiger partial charge in [0.25, 0.3) is 10.0 Å². The minimum absolute atomic E-state index is 0.0209. The maximum absolute atomic E-state index is 14.3. The third-order valence-electron chi connectivity index (χ3n) is 7.14. The Morgan fingerprint density at radius 1 is 0.939 bits per heavy atom. The van der Waals surface area contributed by atoms with E-state index in [-0.39, 0.29) is 52.7 Å². The molecular formula is C31H34Cl2N6O8PS+. The number of imide groups is 1. The summed E-state index contributed by atoms with van der Waals surface area (Å²) in [5.74, 6) is 0.654. The minimum Gasteiger partial charge on any atom is -0.443 e. The van der Waals surface area contributed by atoms with Crippen molar-refractivity contribution < 1.29 is 36.8 Å². The summed E-state index contributed by atoms with van der Waals surface area (Å²) in [6.07, 6.45) is 0.980. The van der Waals surface area contributed by atoms with Gasteiger partial charge in [-0.3, -0.25) is 18.9 Å². The largest absolute Gasteiger partial charge is 0.475 e. The lowest BCUT2D eigenvalue weighted by Gasteiger charge is -2.33. The summed E-state index contributed by atoms with van der Waals surface area (Å²) >= 11 is 12.3. The Hall–Kier alpha value is -3.85. The average Bonchev–Trinajstić information content (AvgIpc) is 3.63. The van der Waals surface area contributed by atoms with Crippen LogP contribution in [0.3, 0.4) is 0 Å². The van der Waals surface area contributed by atoms with Gasteiger partial charge < -0.3 is 4.74 Å². The van der Waals surface area contributed by atoms with Crippen LogP contribution in [-0.2, 0) is 28.8 Å². The van der Waals surface area contributed by atoms with Crippen molar-refractivity contribution in [2.45, 2.75) is 50.8 Å². The number of carbonyl (C=O) groups is 2. The van der Waals surface area contributed by atoms with Crippen LogP contribution in [0, 0.1) is 0 Å². The molecule has 0 bridgehead atoms. The van der Waals surface area contributed by atoms with E-state index in [4.69, 9.17) is 37.4 Å². The standard InChI is InChI=1S/C31H33Cl2N6O8PS/c1-6-45-31(48-42,46-7-2)39(49(43,44)24-18-21(32)17-22(33)19-24)23-8-9-25-20(16-23)12-13-36(25)26-10-11-27(35-34-26)37-14-15-38(28(37)40)29(41)47-30(3,4)5/h8-13,16-19H,6-7,14-15H2,1-5H3/p+1. The fraction of sp³-hybridized carbons (Fsp3) is 0.355. The quantitative estimate of drug-likeness (QED) is 0.118. The summed E-state index contributed by atoms with van der Waals surface area (Å²) in [5.41, 5.74) is -2.24. The summed E-state index contributed by atoms with van der Waals surface area (Å²) in [5, 5.41) is 9.30. The Morgan fingerprint density at radius 3 is 2.14 bits per heavy atom. The summed E-state index contributed by atoms with van der Waals surface area (Å²) in [7, 11) is -5.93. The molecule has 0 saturated carbocycles. The molecular weight excluding hydrogens is 718 g/mol. The molecule has 260 valence electrons. The number of carbonyl (C=O) groups excluding carboxylic acids is 2. The molecule has 14 nitrogen and oxygen atoms in total. The van der Waals surface area contributed by atoms with Crippen LogP contribution in [0.1, 0.15) is 34.6 Å². The van der Waals surface area contributed by atoms with Crippen LogP contribution < -0.4 is 9.21 Å². The van der Waals surface area contributed by atoms with Gasteiger partial charge in [-0.15, -0.1) is 10.2 Å². The monoisotopic (exact) mass is 751 g/mol. The number of amides is 3. The van der Waals surface area contributed by atoms with Gasteiger partial charge in [-0.2, -0.15) is 4.31 Å². The number of benzene rings is 2. The molecule has 4 aromatic rings. The van der Waals surface area contributed by atoms with Crippen LogP contribution >= 0.6 is 31.7 Å². The molecule has 0 N–H and O–H groups in total. The molecule has 3 heterocycles. The summed E-state index contributed by atoms with van der Waals surface area (Å²) in [4.78, 5) is 27.5. The maximum atomic E-state index is 14.3. The van der Waals surface area contributed by atoms with Gasteiger partial charge in [-0.1, -0.05) is 27.8 Å². The summed E-state index contributed by atoms with van der Waals surface area (Å²) < 4.78 is 60.8.